The Bertz CT molecular complexity index is 952. The minimum absolute atomic E-state index is 0.0313. The normalized spacial score (nSPS) is 18.2. The number of urea groups is 1. The number of carbonyl (C=O) groups excluding carboxylic acids is 2. The molecule has 8 nitrogen and oxygen atoms in total. The lowest BCUT2D eigenvalue weighted by atomic mass is 9.94. The first-order valence-corrected chi connectivity index (χ1v) is 11.8. The quantitative estimate of drug-likeness (QED) is 0.566. The molecule has 1 aliphatic heterocycles. The lowest BCUT2D eigenvalue weighted by molar-refractivity contribution is -0.134. The van der Waals surface area contributed by atoms with Crippen LogP contribution in [0.3, 0.4) is 0 Å². The average Bonchev–Trinajstić information content (AvgIpc) is 3.26. The van der Waals surface area contributed by atoms with Crippen molar-refractivity contribution in [3.05, 3.63) is 45.9 Å². The van der Waals surface area contributed by atoms with Crippen molar-refractivity contribution in [3.63, 3.8) is 0 Å². The summed E-state index contributed by atoms with van der Waals surface area (Å²) in [5.41, 5.74) is 6.58. The second-order valence-electron chi connectivity index (χ2n) is 8.29. The van der Waals surface area contributed by atoms with E-state index < -0.39 is 12.1 Å². The van der Waals surface area contributed by atoms with Gasteiger partial charge in [-0.3, -0.25) is 4.79 Å². The van der Waals surface area contributed by atoms with Crippen LogP contribution in [0, 0.1) is 5.82 Å². The number of nitrogens with two attached hydrogens (primary N) is 1. The number of halogens is 2. The molecule has 0 radical (unpaired) electrons. The minimum Gasteiger partial charge on any atom is -0.352 e. The van der Waals surface area contributed by atoms with E-state index in [1.54, 1.807) is 21.7 Å². The first kappa shape index (κ1) is 24.2. The van der Waals surface area contributed by atoms with Crippen molar-refractivity contribution in [3.8, 4) is 0 Å². The van der Waals surface area contributed by atoms with E-state index in [-0.39, 0.29) is 23.7 Å². The molecule has 3 amide bonds. The number of benzene rings is 1. The summed E-state index contributed by atoms with van der Waals surface area (Å²) in [5.74, 6) is -0.387. The fourth-order valence-electron chi connectivity index (χ4n) is 4.13. The van der Waals surface area contributed by atoms with Crippen LogP contribution in [-0.4, -0.2) is 51.0 Å². The summed E-state index contributed by atoms with van der Waals surface area (Å²) in [7, 11) is 0. The van der Waals surface area contributed by atoms with Crippen molar-refractivity contribution < 1.29 is 14.0 Å². The number of likely N-dealkylation sites (tertiary alicyclic amines) is 1. The van der Waals surface area contributed by atoms with Gasteiger partial charge in [-0.05, 0) is 38.3 Å². The maximum absolute atomic E-state index is 14.4. The Hall–Kier alpha value is -2.49. The van der Waals surface area contributed by atoms with Gasteiger partial charge in [0.15, 0.2) is 0 Å². The second kappa shape index (κ2) is 10.9. The van der Waals surface area contributed by atoms with E-state index in [2.05, 4.69) is 31.6 Å². The van der Waals surface area contributed by atoms with Crippen molar-refractivity contribution in [2.24, 2.45) is 5.73 Å². The Morgan fingerprint density at radius 2 is 2.19 bits per heavy atom. The Labute approximate surface area is 195 Å². The van der Waals surface area contributed by atoms with Crippen molar-refractivity contribution in [2.75, 3.05) is 13.1 Å². The van der Waals surface area contributed by atoms with E-state index in [1.165, 1.54) is 6.07 Å². The van der Waals surface area contributed by atoms with Gasteiger partial charge in [-0.1, -0.05) is 47.0 Å². The number of carbonyl (C=O) groups is 2. The molecule has 1 aliphatic rings. The molecule has 1 saturated heterocycles. The standard InChI is InChI=1S/C22H30BrFN6O2/c1-3-4-7-19(26-22(25)32)21(31)29-10-5-6-15(12-29)20-13-30(28-27-20)14(2)17-9-8-16(23)11-18(17)24/h8-9,11,13-15,19H,3-7,10,12H2,1-2H3,(H3,25,26,32)/t14-,15?,19?/m0/s1. The molecule has 174 valence electrons. The molecule has 10 heteroatoms. The van der Waals surface area contributed by atoms with E-state index in [4.69, 9.17) is 5.73 Å². The van der Waals surface area contributed by atoms with E-state index in [1.807, 2.05) is 20.0 Å². The fraction of sp³-hybridized carbons (Fsp3) is 0.545. The number of amides is 3. The molecule has 2 aromatic rings. The second-order valence-corrected chi connectivity index (χ2v) is 9.21. The number of nitrogens with one attached hydrogen (secondary N) is 1. The van der Waals surface area contributed by atoms with Crippen LogP contribution in [-0.2, 0) is 4.79 Å². The Morgan fingerprint density at radius 1 is 1.41 bits per heavy atom. The molecule has 3 N–H and O–H groups in total. The molecule has 0 aliphatic carbocycles. The summed E-state index contributed by atoms with van der Waals surface area (Å²) >= 11 is 3.27. The highest BCUT2D eigenvalue weighted by Gasteiger charge is 2.31. The highest BCUT2D eigenvalue weighted by atomic mass is 79.9. The molecule has 1 aromatic heterocycles. The zero-order valence-electron chi connectivity index (χ0n) is 18.4. The molecular formula is C22H30BrFN6O2. The van der Waals surface area contributed by atoms with Crippen LogP contribution in [0.2, 0.25) is 0 Å². The van der Waals surface area contributed by atoms with Crippen LogP contribution in [0.5, 0.6) is 0 Å². The molecular weight excluding hydrogens is 479 g/mol. The van der Waals surface area contributed by atoms with Gasteiger partial charge in [-0.25, -0.2) is 13.9 Å². The van der Waals surface area contributed by atoms with E-state index in [0.717, 1.165) is 31.4 Å². The van der Waals surface area contributed by atoms with Crippen LogP contribution >= 0.6 is 15.9 Å². The highest BCUT2D eigenvalue weighted by Crippen LogP contribution is 2.28. The van der Waals surface area contributed by atoms with Crippen LogP contribution in [0.4, 0.5) is 9.18 Å². The summed E-state index contributed by atoms with van der Waals surface area (Å²) in [6.45, 7) is 5.04. The maximum atomic E-state index is 14.4. The van der Waals surface area contributed by atoms with Crippen LogP contribution in [0.15, 0.2) is 28.9 Å². The Balaban J connectivity index is 1.70. The average molecular weight is 509 g/mol. The lowest BCUT2D eigenvalue weighted by Gasteiger charge is -2.34. The number of hydrogen-bond acceptors (Lipinski definition) is 4. The molecule has 3 atom stereocenters. The number of nitrogens with zero attached hydrogens (tertiary/aromatic N) is 4. The number of unbranched alkanes of at least 4 members (excludes halogenated alkanes) is 1. The topological polar surface area (TPSA) is 106 Å². The summed E-state index contributed by atoms with van der Waals surface area (Å²) in [6.07, 6.45) is 5.86. The monoisotopic (exact) mass is 508 g/mol. The molecule has 1 fully saturated rings. The van der Waals surface area contributed by atoms with E-state index in [9.17, 15) is 14.0 Å². The predicted octanol–water partition coefficient (Wildman–Crippen LogP) is 3.72. The minimum atomic E-state index is -0.690. The Morgan fingerprint density at radius 3 is 2.88 bits per heavy atom. The largest absolute Gasteiger partial charge is 0.352 e. The lowest BCUT2D eigenvalue weighted by Crippen LogP contribution is -2.52. The van der Waals surface area contributed by atoms with E-state index >= 15 is 0 Å². The molecule has 3 rings (SSSR count). The third kappa shape index (κ3) is 5.85. The molecule has 0 saturated carbocycles. The van der Waals surface area contributed by atoms with Gasteiger partial charge in [0.25, 0.3) is 0 Å². The van der Waals surface area contributed by atoms with Gasteiger partial charge in [0.2, 0.25) is 5.91 Å². The molecule has 1 aromatic carbocycles. The fourth-order valence-corrected chi connectivity index (χ4v) is 4.46. The summed E-state index contributed by atoms with van der Waals surface area (Å²) in [5, 5.41) is 11.1. The summed E-state index contributed by atoms with van der Waals surface area (Å²) in [4.78, 5) is 26.2. The number of primary amides is 1. The van der Waals surface area contributed by atoms with Crippen LogP contribution in [0.1, 0.15) is 69.2 Å². The number of piperidine rings is 1. The predicted molar refractivity (Wildman–Crippen MR) is 123 cm³/mol. The van der Waals surface area contributed by atoms with Gasteiger partial charge >= 0.3 is 6.03 Å². The van der Waals surface area contributed by atoms with Gasteiger partial charge in [0.1, 0.15) is 11.9 Å². The first-order chi connectivity index (χ1) is 15.3. The van der Waals surface area contributed by atoms with Gasteiger partial charge in [-0.15, -0.1) is 5.10 Å². The van der Waals surface area contributed by atoms with Gasteiger partial charge in [-0.2, -0.15) is 0 Å². The van der Waals surface area contributed by atoms with Crippen LogP contribution < -0.4 is 11.1 Å². The van der Waals surface area contributed by atoms with Crippen molar-refractivity contribution in [1.82, 2.24) is 25.2 Å². The number of aromatic nitrogens is 3. The summed E-state index contributed by atoms with van der Waals surface area (Å²) in [6, 6.07) is 3.35. The molecule has 32 heavy (non-hydrogen) atoms. The maximum Gasteiger partial charge on any atom is 0.312 e. The first-order valence-electron chi connectivity index (χ1n) is 11.0. The highest BCUT2D eigenvalue weighted by molar-refractivity contribution is 9.10. The van der Waals surface area contributed by atoms with Crippen molar-refractivity contribution in [1.29, 1.82) is 0 Å². The molecule has 2 unspecified atom stereocenters. The molecule has 0 spiro atoms. The van der Waals surface area contributed by atoms with Crippen LogP contribution in [0.25, 0.3) is 0 Å². The zero-order valence-corrected chi connectivity index (χ0v) is 20.0. The third-order valence-corrected chi connectivity index (χ3v) is 6.44. The molecule has 0 bridgehead atoms. The van der Waals surface area contributed by atoms with Gasteiger partial charge < -0.3 is 16.0 Å². The van der Waals surface area contributed by atoms with Crippen molar-refractivity contribution in [2.45, 2.75) is 64.0 Å². The van der Waals surface area contributed by atoms with Gasteiger partial charge in [0, 0.05) is 35.2 Å². The SMILES string of the molecule is CCCCC(NC(N)=O)C(=O)N1CCCC(c2cn([C@@H](C)c3ccc(Br)cc3F)nn2)C1. The number of rotatable bonds is 8. The molecule has 2 heterocycles. The van der Waals surface area contributed by atoms with Gasteiger partial charge in [0.05, 0.1) is 11.7 Å². The smallest absolute Gasteiger partial charge is 0.312 e. The summed E-state index contributed by atoms with van der Waals surface area (Å²) < 4.78 is 16.7. The number of hydrogen-bond donors (Lipinski definition) is 2. The third-order valence-electron chi connectivity index (χ3n) is 5.95. The Kier molecular flexibility index (Phi) is 8.22. The zero-order chi connectivity index (χ0) is 23.3. The van der Waals surface area contributed by atoms with Crippen molar-refractivity contribution >= 4 is 27.9 Å². The van der Waals surface area contributed by atoms with E-state index in [0.29, 0.717) is 29.5 Å².